The van der Waals surface area contributed by atoms with E-state index >= 15 is 0 Å². The SMILES string of the molecule is CCCCN(C)C(CN1CCNCC1)c1ccc(F)c(C)c1. The lowest BCUT2D eigenvalue weighted by Crippen LogP contribution is -2.47. The van der Waals surface area contributed by atoms with Crippen LogP contribution >= 0.6 is 0 Å². The fraction of sp³-hybridized carbons (Fsp3) is 0.667. The maximum Gasteiger partial charge on any atom is 0.126 e. The molecule has 3 nitrogen and oxygen atoms in total. The predicted molar refractivity (Wildman–Crippen MR) is 90.7 cm³/mol. The molecule has 124 valence electrons. The number of hydrogen-bond donors (Lipinski definition) is 1. The first-order valence-electron chi connectivity index (χ1n) is 8.51. The van der Waals surface area contributed by atoms with Gasteiger partial charge in [0.1, 0.15) is 5.82 Å². The predicted octanol–water partition coefficient (Wildman–Crippen LogP) is 2.81. The highest BCUT2D eigenvalue weighted by atomic mass is 19.1. The van der Waals surface area contributed by atoms with E-state index in [0.717, 1.165) is 44.8 Å². The second-order valence-electron chi connectivity index (χ2n) is 6.41. The number of unbranched alkanes of at least 4 members (excludes halogenated alkanes) is 1. The first kappa shape index (κ1) is 17.4. The normalized spacial score (nSPS) is 17.9. The number of likely N-dealkylation sites (N-methyl/N-ethyl adjacent to an activating group) is 1. The highest BCUT2D eigenvalue weighted by Crippen LogP contribution is 2.23. The molecule has 0 aromatic heterocycles. The molecule has 0 radical (unpaired) electrons. The standard InChI is InChI=1S/C18H30FN3/c1-4-5-10-21(3)18(14-22-11-8-20-9-12-22)16-6-7-17(19)15(2)13-16/h6-7,13,18,20H,4-5,8-12,14H2,1-3H3. The van der Waals surface area contributed by atoms with E-state index in [1.807, 2.05) is 19.1 Å². The third kappa shape index (κ3) is 4.77. The molecule has 0 bridgehead atoms. The van der Waals surface area contributed by atoms with E-state index < -0.39 is 0 Å². The van der Waals surface area contributed by atoms with Crippen LogP contribution in [0, 0.1) is 12.7 Å². The average molecular weight is 307 g/mol. The Balaban J connectivity index is 2.13. The Morgan fingerprint density at radius 3 is 2.68 bits per heavy atom. The minimum absolute atomic E-state index is 0.110. The minimum atomic E-state index is -0.110. The number of nitrogens with one attached hydrogen (secondary N) is 1. The molecule has 1 heterocycles. The van der Waals surface area contributed by atoms with Crippen molar-refractivity contribution < 1.29 is 4.39 Å². The zero-order valence-electron chi connectivity index (χ0n) is 14.2. The summed E-state index contributed by atoms with van der Waals surface area (Å²) in [7, 11) is 2.20. The second-order valence-corrected chi connectivity index (χ2v) is 6.41. The molecule has 1 fully saturated rings. The van der Waals surface area contributed by atoms with Crippen molar-refractivity contribution in [3.63, 3.8) is 0 Å². The van der Waals surface area contributed by atoms with E-state index in [1.165, 1.54) is 18.4 Å². The molecule has 1 unspecified atom stereocenters. The number of aryl methyl sites for hydroxylation is 1. The van der Waals surface area contributed by atoms with Gasteiger partial charge in [0.25, 0.3) is 0 Å². The van der Waals surface area contributed by atoms with Crippen LogP contribution < -0.4 is 5.32 Å². The Morgan fingerprint density at radius 2 is 2.05 bits per heavy atom. The van der Waals surface area contributed by atoms with Crippen LogP contribution in [-0.2, 0) is 0 Å². The summed E-state index contributed by atoms with van der Waals surface area (Å²) in [5, 5.41) is 3.40. The highest BCUT2D eigenvalue weighted by molar-refractivity contribution is 5.27. The van der Waals surface area contributed by atoms with Crippen molar-refractivity contribution in [3.8, 4) is 0 Å². The molecule has 1 N–H and O–H groups in total. The lowest BCUT2D eigenvalue weighted by atomic mass is 10.0. The fourth-order valence-electron chi connectivity index (χ4n) is 3.08. The van der Waals surface area contributed by atoms with Crippen LogP contribution in [0.25, 0.3) is 0 Å². The minimum Gasteiger partial charge on any atom is -0.314 e. The fourth-order valence-corrected chi connectivity index (χ4v) is 3.08. The van der Waals surface area contributed by atoms with Gasteiger partial charge in [-0.25, -0.2) is 4.39 Å². The number of piperazine rings is 1. The smallest absolute Gasteiger partial charge is 0.126 e. The molecule has 1 aromatic carbocycles. The first-order chi connectivity index (χ1) is 10.6. The molecule has 22 heavy (non-hydrogen) atoms. The number of halogens is 1. The molecule has 0 saturated carbocycles. The summed E-state index contributed by atoms with van der Waals surface area (Å²) in [4.78, 5) is 4.94. The van der Waals surface area contributed by atoms with Gasteiger partial charge in [-0.2, -0.15) is 0 Å². The summed E-state index contributed by atoms with van der Waals surface area (Å²) >= 11 is 0. The Morgan fingerprint density at radius 1 is 1.32 bits per heavy atom. The molecule has 2 rings (SSSR count). The molecular weight excluding hydrogens is 277 g/mol. The van der Waals surface area contributed by atoms with E-state index in [1.54, 1.807) is 6.07 Å². The quantitative estimate of drug-likeness (QED) is 0.836. The van der Waals surface area contributed by atoms with E-state index in [4.69, 9.17) is 0 Å². The molecule has 1 atom stereocenters. The molecule has 1 aliphatic heterocycles. The van der Waals surface area contributed by atoms with Gasteiger partial charge >= 0.3 is 0 Å². The van der Waals surface area contributed by atoms with Crippen LogP contribution in [0.5, 0.6) is 0 Å². The Bertz CT molecular complexity index is 458. The van der Waals surface area contributed by atoms with Gasteiger partial charge in [-0.1, -0.05) is 25.5 Å². The monoisotopic (exact) mass is 307 g/mol. The second kappa shape index (κ2) is 8.61. The highest BCUT2D eigenvalue weighted by Gasteiger charge is 2.22. The van der Waals surface area contributed by atoms with Gasteiger partial charge in [0.15, 0.2) is 0 Å². The number of rotatable bonds is 7. The topological polar surface area (TPSA) is 18.5 Å². The van der Waals surface area contributed by atoms with Crippen LogP contribution in [0.1, 0.15) is 36.9 Å². The Hall–Kier alpha value is -0.970. The van der Waals surface area contributed by atoms with Gasteiger partial charge in [0.2, 0.25) is 0 Å². The molecule has 0 amide bonds. The van der Waals surface area contributed by atoms with Gasteiger partial charge in [0.05, 0.1) is 0 Å². The van der Waals surface area contributed by atoms with Crippen molar-refractivity contribution in [2.75, 3.05) is 46.3 Å². The first-order valence-corrected chi connectivity index (χ1v) is 8.51. The van der Waals surface area contributed by atoms with Gasteiger partial charge in [-0.05, 0) is 44.1 Å². The van der Waals surface area contributed by atoms with E-state index in [9.17, 15) is 4.39 Å². The van der Waals surface area contributed by atoms with Crippen molar-refractivity contribution >= 4 is 0 Å². The average Bonchev–Trinajstić information content (AvgIpc) is 2.54. The summed E-state index contributed by atoms with van der Waals surface area (Å²) in [6.45, 7) is 10.5. The van der Waals surface area contributed by atoms with E-state index in [2.05, 4.69) is 29.1 Å². The summed E-state index contributed by atoms with van der Waals surface area (Å²) in [6, 6.07) is 5.93. The largest absolute Gasteiger partial charge is 0.314 e. The number of benzene rings is 1. The van der Waals surface area contributed by atoms with E-state index in [0.29, 0.717) is 6.04 Å². The van der Waals surface area contributed by atoms with E-state index in [-0.39, 0.29) is 5.82 Å². The van der Waals surface area contributed by atoms with Crippen molar-refractivity contribution in [1.82, 2.24) is 15.1 Å². The molecule has 0 aliphatic carbocycles. The van der Waals surface area contributed by atoms with Crippen LogP contribution in [0.15, 0.2) is 18.2 Å². The molecular formula is C18H30FN3. The molecule has 1 aliphatic rings. The van der Waals surface area contributed by atoms with Crippen LogP contribution in [0.3, 0.4) is 0 Å². The zero-order chi connectivity index (χ0) is 15.9. The number of hydrogen-bond acceptors (Lipinski definition) is 3. The van der Waals surface area contributed by atoms with Gasteiger partial charge in [-0.3, -0.25) is 9.80 Å². The third-order valence-corrected chi connectivity index (χ3v) is 4.60. The summed E-state index contributed by atoms with van der Waals surface area (Å²) in [6.07, 6.45) is 2.40. The van der Waals surface area contributed by atoms with Crippen molar-refractivity contribution in [2.45, 2.75) is 32.7 Å². The van der Waals surface area contributed by atoms with Gasteiger partial charge in [0, 0.05) is 38.8 Å². The lowest BCUT2D eigenvalue weighted by molar-refractivity contribution is 0.149. The van der Waals surface area contributed by atoms with Crippen molar-refractivity contribution in [1.29, 1.82) is 0 Å². The summed E-state index contributed by atoms with van der Waals surface area (Å²) < 4.78 is 13.6. The summed E-state index contributed by atoms with van der Waals surface area (Å²) in [5.41, 5.74) is 1.97. The Labute approximate surface area is 134 Å². The maximum atomic E-state index is 13.6. The van der Waals surface area contributed by atoms with Crippen molar-refractivity contribution in [2.24, 2.45) is 0 Å². The maximum absolute atomic E-state index is 13.6. The third-order valence-electron chi connectivity index (χ3n) is 4.60. The zero-order valence-corrected chi connectivity index (χ0v) is 14.2. The summed E-state index contributed by atoms with van der Waals surface area (Å²) in [5.74, 6) is -0.110. The van der Waals surface area contributed by atoms with Crippen LogP contribution in [0.2, 0.25) is 0 Å². The van der Waals surface area contributed by atoms with Gasteiger partial charge < -0.3 is 5.32 Å². The Kier molecular flexibility index (Phi) is 6.80. The van der Waals surface area contributed by atoms with Gasteiger partial charge in [-0.15, -0.1) is 0 Å². The van der Waals surface area contributed by atoms with Crippen LogP contribution in [-0.4, -0.2) is 56.1 Å². The molecule has 1 aromatic rings. The molecule has 0 spiro atoms. The lowest BCUT2D eigenvalue weighted by Gasteiger charge is -2.35. The van der Waals surface area contributed by atoms with Crippen molar-refractivity contribution in [3.05, 3.63) is 35.1 Å². The molecule has 4 heteroatoms. The molecule has 1 saturated heterocycles. The number of nitrogens with zero attached hydrogens (tertiary/aromatic N) is 2. The van der Waals surface area contributed by atoms with Crippen LogP contribution in [0.4, 0.5) is 4.39 Å².